The number of aromatic nitrogens is 3. The highest BCUT2D eigenvalue weighted by atomic mass is 16.3. The van der Waals surface area contributed by atoms with E-state index in [0.717, 1.165) is 12.1 Å². The molecule has 9 nitrogen and oxygen atoms in total. The van der Waals surface area contributed by atoms with Crippen LogP contribution in [0.4, 0.5) is 11.4 Å². The van der Waals surface area contributed by atoms with Gasteiger partial charge in [0.1, 0.15) is 0 Å². The van der Waals surface area contributed by atoms with E-state index in [0.29, 0.717) is 49.3 Å². The first-order valence-corrected chi connectivity index (χ1v) is 10.6. The van der Waals surface area contributed by atoms with E-state index in [1.165, 1.54) is 0 Å². The Kier molecular flexibility index (Phi) is 5.88. The van der Waals surface area contributed by atoms with Crippen LogP contribution in [0.1, 0.15) is 37.4 Å². The number of amides is 2. The summed E-state index contributed by atoms with van der Waals surface area (Å²) in [4.78, 5) is 26.5. The van der Waals surface area contributed by atoms with Crippen molar-refractivity contribution in [2.24, 2.45) is 5.92 Å². The summed E-state index contributed by atoms with van der Waals surface area (Å²) in [6.45, 7) is 3.08. The largest absolute Gasteiger partial charge is 0.396 e. The van der Waals surface area contributed by atoms with Gasteiger partial charge in [-0.05, 0) is 31.0 Å². The van der Waals surface area contributed by atoms with Gasteiger partial charge in [-0.15, -0.1) is 5.10 Å². The zero-order chi connectivity index (χ0) is 22.0. The number of anilines is 2. The first-order chi connectivity index (χ1) is 14.9. The Bertz CT molecular complexity index is 1020. The number of carbonyl (C=O) groups excluding carboxylic acids is 2. The maximum absolute atomic E-state index is 12.7. The van der Waals surface area contributed by atoms with E-state index in [2.05, 4.69) is 15.6 Å². The molecule has 4 rings (SSSR count). The van der Waals surface area contributed by atoms with E-state index in [-0.39, 0.29) is 12.5 Å². The van der Waals surface area contributed by atoms with Gasteiger partial charge in [0.05, 0.1) is 5.69 Å². The fraction of sp³-hybridized carbons (Fsp3) is 0.455. The second-order valence-corrected chi connectivity index (χ2v) is 8.05. The Morgan fingerprint density at radius 1 is 1.35 bits per heavy atom. The number of aryl methyl sites for hydroxylation is 1. The summed E-state index contributed by atoms with van der Waals surface area (Å²) < 4.78 is 1.70. The predicted molar refractivity (Wildman–Crippen MR) is 114 cm³/mol. The van der Waals surface area contributed by atoms with Gasteiger partial charge in [0.25, 0.3) is 5.91 Å². The van der Waals surface area contributed by atoms with E-state index in [1.54, 1.807) is 40.9 Å². The van der Waals surface area contributed by atoms with Gasteiger partial charge in [-0.1, -0.05) is 24.3 Å². The molecule has 2 aliphatic rings. The van der Waals surface area contributed by atoms with Crippen molar-refractivity contribution < 1.29 is 19.8 Å². The van der Waals surface area contributed by atoms with Crippen LogP contribution in [-0.2, 0) is 28.2 Å². The highest BCUT2D eigenvalue weighted by Crippen LogP contribution is 2.43. The van der Waals surface area contributed by atoms with Crippen LogP contribution in [-0.4, -0.2) is 50.2 Å². The molecule has 0 spiro atoms. The molecule has 3 N–H and O–H groups in total. The molecular formula is C22H27N5O4. The molecule has 164 valence electrons. The van der Waals surface area contributed by atoms with E-state index in [4.69, 9.17) is 5.11 Å². The van der Waals surface area contributed by atoms with E-state index >= 15 is 0 Å². The highest BCUT2D eigenvalue weighted by Gasteiger charge is 2.48. The number of aliphatic hydroxyl groups is 2. The van der Waals surface area contributed by atoms with Gasteiger partial charge in [-0.3, -0.25) is 14.3 Å². The maximum Gasteiger partial charge on any atom is 0.261 e. The van der Waals surface area contributed by atoms with Crippen molar-refractivity contribution in [3.63, 3.8) is 0 Å². The van der Waals surface area contributed by atoms with Gasteiger partial charge in [-0.2, -0.15) is 0 Å². The minimum Gasteiger partial charge on any atom is -0.396 e. The molecule has 1 aromatic carbocycles. The third kappa shape index (κ3) is 3.98. The van der Waals surface area contributed by atoms with Crippen LogP contribution < -0.4 is 10.2 Å². The number of allylic oxidation sites excluding steroid dienone is 1. The number of rotatable bonds is 8. The molecule has 31 heavy (non-hydrogen) atoms. The summed E-state index contributed by atoms with van der Waals surface area (Å²) in [5.74, 6) is -0.877. The number of hydrogen-bond donors (Lipinski definition) is 3. The highest BCUT2D eigenvalue weighted by molar-refractivity contribution is 6.06. The fourth-order valence-electron chi connectivity index (χ4n) is 4.16. The second kappa shape index (κ2) is 8.60. The van der Waals surface area contributed by atoms with Crippen molar-refractivity contribution >= 4 is 23.2 Å². The van der Waals surface area contributed by atoms with Crippen molar-refractivity contribution in [2.75, 3.05) is 23.4 Å². The number of carbonyl (C=O) groups is 2. The van der Waals surface area contributed by atoms with Gasteiger partial charge in [-0.25, -0.2) is 0 Å². The number of nitrogens with one attached hydrogen (secondary N) is 1. The lowest BCUT2D eigenvalue weighted by Crippen LogP contribution is -2.39. The number of hydrogen-bond acceptors (Lipinski definition) is 6. The Morgan fingerprint density at radius 3 is 2.94 bits per heavy atom. The quantitative estimate of drug-likeness (QED) is 0.549. The molecule has 0 bridgehead atoms. The van der Waals surface area contributed by atoms with Gasteiger partial charge in [0.15, 0.2) is 5.60 Å². The number of benzene rings is 1. The molecule has 9 heteroatoms. The van der Waals surface area contributed by atoms with Gasteiger partial charge >= 0.3 is 0 Å². The molecular weight excluding hydrogens is 398 g/mol. The topological polar surface area (TPSA) is 121 Å². The summed E-state index contributed by atoms with van der Waals surface area (Å²) in [5, 5.41) is 31.1. The van der Waals surface area contributed by atoms with E-state index in [9.17, 15) is 14.7 Å². The third-order valence-corrected chi connectivity index (χ3v) is 5.96. The summed E-state index contributed by atoms with van der Waals surface area (Å²) in [6, 6.07) is 5.30. The summed E-state index contributed by atoms with van der Waals surface area (Å²) in [7, 11) is 0. The molecule has 0 saturated carbocycles. The predicted octanol–water partition coefficient (Wildman–Crippen LogP) is 1.36. The Balaban J connectivity index is 1.47. The monoisotopic (exact) mass is 425 g/mol. The normalized spacial score (nSPS) is 21.7. The minimum absolute atomic E-state index is 0.0336. The van der Waals surface area contributed by atoms with Crippen LogP contribution in [0.3, 0.4) is 0 Å². The van der Waals surface area contributed by atoms with Crippen molar-refractivity contribution in [2.45, 2.75) is 44.8 Å². The average Bonchev–Trinajstić information content (AvgIpc) is 3.45. The average molecular weight is 425 g/mol. The van der Waals surface area contributed by atoms with Crippen LogP contribution in [0.5, 0.6) is 0 Å². The Hall–Kier alpha value is -3.04. The number of nitrogens with zero attached hydrogens (tertiary/aromatic N) is 4. The molecule has 3 heterocycles. The van der Waals surface area contributed by atoms with Gasteiger partial charge in [0, 0.05) is 61.6 Å². The van der Waals surface area contributed by atoms with E-state index in [1.807, 2.05) is 12.2 Å². The fourth-order valence-corrected chi connectivity index (χ4v) is 4.16. The lowest BCUT2D eigenvalue weighted by molar-refractivity contribution is -0.137. The molecule has 1 fully saturated rings. The zero-order valence-electron chi connectivity index (χ0n) is 17.5. The summed E-state index contributed by atoms with van der Waals surface area (Å²) in [6.07, 6.45) is 7.99. The molecule has 2 amide bonds. The molecule has 1 saturated heterocycles. The lowest BCUT2D eigenvalue weighted by atomic mass is 9.82. The van der Waals surface area contributed by atoms with Crippen molar-refractivity contribution in [1.29, 1.82) is 0 Å². The van der Waals surface area contributed by atoms with Gasteiger partial charge in [0.2, 0.25) is 5.91 Å². The van der Waals surface area contributed by atoms with Gasteiger partial charge < -0.3 is 20.4 Å². The molecule has 2 aliphatic heterocycles. The molecule has 0 radical (unpaired) electrons. The molecule has 2 aromatic rings. The third-order valence-electron chi connectivity index (χ3n) is 5.96. The van der Waals surface area contributed by atoms with Crippen molar-refractivity contribution in [1.82, 2.24) is 15.0 Å². The maximum atomic E-state index is 12.7. The standard InChI is InChI=1S/C22H27N5O4/c1-15(5-2-3-10-26-14-16(9-12-28)24-25-26)22(31)18-13-17(27-11-4-6-20(27)29)7-8-19(18)23-21(22)30/h2,5,7-8,13-15,28,31H,3-4,6,9-12H2,1H3,(H,23,30)/b5-2+/t15-,22+/m1/s1. The first kappa shape index (κ1) is 21.2. The van der Waals surface area contributed by atoms with Crippen LogP contribution >= 0.6 is 0 Å². The number of fused-ring (bicyclic) bond motifs is 1. The molecule has 1 aromatic heterocycles. The second-order valence-electron chi connectivity index (χ2n) is 8.05. The van der Waals surface area contributed by atoms with Crippen LogP contribution in [0.2, 0.25) is 0 Å². The van der Waals surface area contributed by atoms with Crippen LogP contribution in [0.15, 0.2) is 36.5 Å². The molecule has 2 atom stereocenters. The minimum atomic E-state index is -1.70. The Labute approximate surface area is 180 Å². The van der Waals surface area contributed by atoms with Crippen molar-refractivity contribution in [3.8, 4) is 0 Å². The molecule has 0 unspecified atom stereocenters. The zero-order valence-corrected chi connectivity index (χ0v) is 17.5. The summed E-state index contributed by atoms with van der Waals surface area (Å²) in [5.41, 5.74) is 0.809. The molecule has 0 aliphatic carbocycles. The number of aliphatic hydroxyl groups excluding tert-OH is 1. The van der Waals surface area contributed by atoms with Crippen molar-refractivity contribution in [3.05, 3.63) is 47.8 Å². The smallest absolute Gasteiger partial charge is 0.261 e. The summed E-state index contributed by atoms with van der Waals surface area (Å²) >= 11 is 0. The lowest BCUT2D eigenvalue weighted by Gasteiger charge is -2.27. The van der Waals surface area contributed by atoms with Crippen LogP contribution in [0.25, 0.3) is 0 Å². The first-order valence-electron chi connectivity index (χ1n) is 10.6. The SMILES string of the molecule is C[C@H](/C=C/CCn1cc(CCO)nn1)[C@@]1(O)C(=O)Nc2ccc(N3CCCC3=O)cc21. The Morgan fingerprint density at radius 2 is 2.19 bits per heavy atom. The van der Waals surface area contributed by atoms with Crippen LogP contribution in [0, 0.1) is 5.92 Å². The van der Waals surface area contributed by atoms with E-state index < -0.39 is 17.4 Å².